The van der Waals surface area contributed by atoms with Crippen LogP contribution in [0.1, 0.15) is 11.4 Å². The zero-order chi connectivity index (χ0) is 18.1. The Hall–Kier alpha value is -1.62. The van der Waals surface area contributed by atoms with Gasteiger partial charge in [0.15, 0.2) is 0 Å². The van der Waals surface area contributed by atoms with Crippen molar-refractivity contribution in [2.45, 2.75) is 22.5 Å². The Morgan fingerprint density at radius 1 is 1.25 bits per heavy atom. The molecule has 2 rings (SSSR count). The molecule has 1 aromatic heterocycles. The minimum absolute atomic E-state index is 0.0178. The minimum atomic E-state index is -3.87. The van der Waals surface area contributed by atoms with Gasteiger partial charge in [-0.05, 0) is 24.6 Å². The number of hydrogen-bond donors (Lipinski definition) is 2. The molecule has 0 amide bonds. The first-order valence-electron chi connectivity index (χ1n) is 6.71. The summed E-state index contributed by atoms with van der Waals surface area (Å²) >= 11 is 7.30. The van der Waals surface area contributed by atoms with E-state index in [1.54, 1.807) is 32.0 Å². The molecule has 0 atom stereocenters. The molecule has 24 heavy (non-hydrogen) atoms. The molecule has 0 fully saturated rings. The zero-order valence-corrected chi connectivity index (χ0v) is 15.7. The first-order chi connectivity index (χ1) is 11.1. The van der Waals surface area contributed by atoms with E-state index < -0.39 is 10.0 Å². The van der Waals surface area contributed by atoms with Crippen LogP contribution in [0, 0.1) is 6.92 Å². The molecule has 0 saturated heterocycles. The number of aromatic nitrogens is 3. The van der Waals surface area contributed by atoms with Crippen LogP contribution in [0.4, 0.5) is 11.9 Å². The molecule has 0 radical (unpaired) electrons. The summed E-state index contributed by atoms with van der Waals surface area (Å²) in [7, 11) is -0.308. The summed E-state index contributed by atoms with van der Waals surface area (Å²) in [5.41, 5.74) is 6.30. The number of primary sulfonamides is 1. The Morgan fingerprint density at radius 2 is 1.92 bits per heavy atom. The first-order valence-corrected chi connectivity index (χ1v) is 9.62. The number of sulfonamides is 1. The molecular formula is C13H17ClN6O2S2. The number of hydrogen-bond acceptors (Lipinski definition) is 8. The Morgan fingerprint density at radius 3 is 2.50 bits per heavy atom. The second-order valence-electron chi connectivity index (χ2n) is 5.19. The second-order valence-corrected chi connectivity index (χ2v) is 8.14. The molecule has 11 heteroatoms. The maximum Gasteiger partial charge on any atom is 0.239 e. The molecule has 2 aromatic rings. The quantitative estimate of drug-likeness (QED) is 0.736. The number of aryl methyl sites for hydroxylation is 1. The molecule has 8 nitrogen and oxygen atoms in total. The van der Waals surface area contributed by atoms with Crippen LogP contribution >= 0.6 is 23.4 Å². The van der Waals surface area contributed by atoms with Crippen molar-refractivity contribution >= 4 is 45.3 Å². The fraction of sp³-hybridized carbons (Fsp3) is 0.308. The van der Waals surface area contributed by atoms with Gasteiger partial charge in [-0.2, -0.15) is 15.0 Å². The Kier molecular flexibility index (Phi) is 5.53. The van der Waals surface area contributed by atoms with E-state index in [2.05, 4.69) is 15.0 Å². The van der Waals surface area contributed by atoms with Gasteiger partial charge in [-0.1, -0.05) is 11.6 Å². The molecule has 130 valence electrons. The highest BCUT2D eigenvalue weighted by Gasteiger charge is 2.17. The number of halogens is 1. The molecule has 0 bridgehead atoms. The van der Waals surface area contributed by atoms with Crippen molar-refractivity contribution in [1.29, 1.82) is 0 Å². The topological polar surface area (TPSA) is 128 Å². The molecule has 0 saturated carbocycles. The second kappa shape index (κ2) is 7.09. The number of rotatable bonds is 5. The SMILES string of the molecule is Cc1cc(S(N)(=O)=O)c(SCc2nc(N)nc(N(C)C)n2)cc1Cl. The van der Waals surface area contributed by atoms with E-state index in [1.165, 1.54) is 17.8 Å². The fourth-order valence-electron chi connectivity index (χ4n) is 1.80. The summed E-state index contributed by atoms with van der Waals surface area (Å²) in [6, 6.07) is 3.02. The minimum Gasteiger partial charge on any atom is -0.368 e. The number of nitrogens with two attached hydrogens (primary N) is 2. The molecule has 1 aromatic carbocycles. The number of nitrogens with zero attached hydrogens (tertiary/aromatic N) is 4. The molecule has 4 N–H and O–H groups in total. The van der Waals surface area contributed by atoms with E-state index in [9.17, 15) is 8.42 Å². The van der Waals surface area contributed by atoms with Crippen LogP contribution < -0.4 is 15.8 Å². The van der Waals surface area contributed by atoms with E-state index in [1.807, 2.05) is 0 Å². The highest BCUT2D eigenvalue weighted by Crippen LogP contribution is 2.32. The van der Waals surface area contributed by atoms with Crippen LogP contribution in [-0.2, 0) is 15.8 Å². The number of anilines is 2. The third-order valence-corrected chi connectivity index (χ3v) is 5.51. The van der Waals surface area contributed by atoms with E-state index in [-0.39, 0.29) is 16.6 Å². The lowest BCUT2D eigenvalue weighted by Gasteiger charge is -2.12. The fourth-order valence-corrected chi connectivity index (χ4v) is 4.05. The summed E-state index contributed by atoms with van der Waals surface area (Å²) in [6.45, 7) is 1.71. The van der Waals surface area contributed by atoms with Gasteiger partial charge in [-0.25, -0.2) is 13.6 Å². The van der Waals surface area contributed by atoms with Crippen LogP contribution in [0.15, 0.2) is 21.9 Å². The molecular weight excluding hydrogens is 372 g/mol. The number of benzene rings is 1. The predicted molar refractivity (Wildman–Crippen MR) is 95.7 cm³/mol. The lowest BCUT2D eigenvalue weighted by Crippen LogP contribution is -2.16. The van der Waals surface area contributed by atoms with E-state index in [4.69, 9.17) is 22.5 Å². The van der Waals surface area contributed by atoms with Crippen LogP contribution in [0.5, 0.6) is 0 Å². The van der Waals surface area contributed by atoms with Crippen LogP contribution in [0.3, 0.4) is 0 Å². The summed E-state index contributed by atoms with van der Waals surface area (Å²) in [5.74, 6) is 1.23. The van der Waals surface area contributed by atoms with Gasteiger partial charge in [0, 0.05) is 24.0 Å². The van der Waals surface area contributed by atoms with Crippen molar-refractivity contribution in [2.24, 2.45) is 5.14 Å². The van der Waals surface area contributed by atoms with E-state index in [0.717, 1.165) is 0 Å². The average Bonchev–Trinajstić information content (AvgIpc) is 2.46. The highest BCUT2D eigenvalue weighted by molar-refractivity contribution is 7.99. The summed E-state index contributed by atoms with van der Waals surface area (Å²) in [6.07, 6.45) is 0. The van der Waals surface area contributed by atoms with E-state index >= 15 is 0 Å². The number of thioether (sulfide) groups is 1. The highest BCUT2D eigenvalue weighted by atomic mass is 35.5. The molecule has 0 aliphatic rings. The third kappa shape index (κ3) is 4.47. The van der Waals surface area contributed by atoms with Crippen molar-refractivity contribution in [3.63, 3.8) is 0 Å². The van der Waals surface area contributed by atoms with Crippen molar-refractivity contribution in [2.75, 3.05) is 24.7 Å². The predicted octanol–water partition coefficient (Wildman–Crippen LogP) is 1.42. The molecule has 1 heterocycles. The maximum absolute atomic E-state index is 11.8. The van der Waals surface area contributed by atoms with Gasteiger partial charge in [0.2, 0.25) is 21.9 Å². The maximum atomic E-state index is 11.8. The lowest BCUT2D eigenvalue weighted by molar-refractivity contribution is 0.595. The molecule has 0 aliphatic carbocycles. The Balaban J connectivity index is 2.35. The first kappa shape index (κ1) is 18.7. The van der Waals surface area contributed by atoms with Crippen molar-refractivity contribution in [3.8, 4) is 0 Å². The summed E-state index contributed by atoms with van der Waals surface area (Å²) in [4.78, 5) is 14.5. The number of nitrogen functional groups attached to an aromatic ring is 1. The van der Waals surface area contributed by atoms with Gasteiger partial charge >= 0.3 is 0 Å². The van der Waals surface area contributed by atoms with Crippen LogP contribution in [0.2, 0.25) is 5.02 Å². The van der Waals surface area contributed by atoms with Crippen LogP contribution in [0.25, 0.3) is 0 Å². The summed E-state index contributed by atoms with van der Waals surface area (Å²) in [5, 5.41) is 5.73. The Labute approximate surface area is 149 Å². The van der Waals surface area contributed by atoms with Gasteiger partial charge in [0.1, 0.15) is 5.82 Å². The third-order valence-electron chi connectivity index (χ3n) is 2.98. The largest absolute Gasteiger partial charge is 0.368 e. The lowest BCUT2D eigenvalue weighted by atomic mass is 10.2. The van der Waals surface area contributed by atoms with Gasteiger partial charge in [0.05, 0.1) is 10.6 Å². The van der Waals surface area contributed by atoms with Gasteiger partial charge in [0.25, 0.3) is 0 Å². The molecule has 0 spiro atoms. The van der Waals surface area contributed by atoms with Crippen molar-refractivity contribution in [3.05, 3.63) is 28.5 Å². The van der Waals surface area contributed by atoms with Crippen molar-refractivity contribution in [1.82, 2.24) is 15.0 Å². The standard InChI is InChI=1S/C13H17ClN6O2S2/c1-7-4-10(24(16,21)22)9(5-8(7)14)23-6-11-17-12(15)19-13(18-11)20(2)3/h4-5H,6H2,1-3H3,(H2,16,21,22)(H2,15,17,18,19). The van der Waals surface area contributed by atoms with Crippen molar-refractivity contribution < 1.29 is 8.42 Å². The normalized spacial score (nSPS) is 11.5. The summed E-state index contributed by atoms with van der Waals surface area (Å²) < 4.78 is 23.6. The molecule has 0 aliphatic heterocycles. The average molecular weight is 389 g/mol. The Bertz CT molecular complexity index is 873. The van der Waals surface area contributed by atoms with Gasteiger partial charge in [-0.3, -0.25) is 0 Å². The van der Waals surface area contributed by atoms with E-state index in [0.29, 0.717) is 27.3 Å². The van der Waals surface area contributed by atoms with Crippen LogP contribution in [-0.4, -0.2) is 37.5 Å². The van der Waals surface area contributed by atoms with Gasteiger partial charge in [-0.15, -0.1) is 11.8 Å². The monoisotopic (exact) mass is 388 g/mol. The van der Waals surface area contributed by atoms with Gasteiger partial charge < -0.3 is 10.6 Å². The smallest absolute Gasteiger partial charge is 0.239 e. The zero-order valence-electron chi connectivity index (χ0n) is 13.3. The molecule has 0 unspecified atom stereocenters.